The fourth-order valence-electron chi connectivity index (χ4n) is 1.59. The lowest BCUT2D eigenvalue weighted by Gasteiger charge is -2.06. The van der Waals surface area contributed by atoms with Crippen molar-refractivity contribution >= 4 is 19.7 Å². The van der Waals surface area contributed by atoms with Crippen LogP contribution in [0.15, 0.2) is 47.6 Å². The van der Waals surface area contributed by atoms with Gasteiger partial charge < -0.3 is 0 Å². The van der Waals surface area contributed by atoms with E-state index in [0.29, 0.717) is 5.56 Å². The third-order valence-electron chi connectivity index (χ3n) is 2.46. The highest BCUT2D eigenvalue weighted by molar-refractivity contribution is 8.13. The molecule has 0 aliphatic carbocycles. The summed E-state index contributed by atoms with van der Waals surface area (Å²) in [6.07, 6.45) is 3.31. The van der Waals surface area contributed by atoms with Gasteiger partial charge in [-0.15, -0.1) is 0 Å². The maximum atomic E-state index is 11.4. The molecule has 0 amide bonds. The Labute approximate surface area is 105 Å². The average molecular weight is 268 g/mol. The molecular weight excluding hydrogens is 258 g/mol. The fraction of sp³-hybridized carbons (Fsp3) is 0.0833. The van der Waals surface area contributed by atoms with Crippen molar-refractivity contribution in [2.75, 3.05) is 0 Å². The first kappa shape index (κ1) is 12.1. The molecule has 0 aliphatic heterocycles. The zero-order valence-electron chi connectivity index (χ0n) is 9.09. The number of pyridine rings is 1. The van der Waals surface area contributed by atoms with Gasteiger partial charge in [-0.05, 0) is 41.8 Å². The van der Waals surface area contributed by atoms with Crippen molar-refractivity contribution in [2.24, 2.45) is 0 Å². The summed E-state index contributed by atoms with van der Waals surface area (Å²) in [5, 5.41) is 0. The van der Waals surface area contributed by atoms with Crippen molar-refractivity contribution in [3.05, 3.63) is 48.3 Å². The summed E-state index contributed by atoms with van der Waals surface area (Å²) in [5.41, 5.74) is 2.34. The predicted molar refractivity (Wildman–Crippen MR) is 67.4 cm³/mol. The molecule has 1 aromatic carbocycles. The zero-order chi connectivity index (χ0) is 12.5. The normalized spacial score (nSPS) is 11.4. The molecule has 2 aromatic rings. The molecule has 3 nitrogen and oxygen atoms in total. The zero-order valence-corrected chi connectivity index (χ0v) is 10.7. The van der Waals surface area contributed by atoms with Gasteiger partial charge in [0.2, 0.25) is 0 Å². The lowest BCUT2D eigenvalue weighted by Crippen LogP contribution is -1.95. The van der Waals surface area contributed by atoms with Crippen molar-refractivity contribution in [1.29, 1.82) is 0 Å². The van der Waals surface area contributed by atoms with Gasteiger partial charge in [0, 0.05) is 23.1 Å². The van der Waals surface area contributed by atoms with Crippen LogP contribution >= 0.6 is 10.7 Å². The standard InChI is InChI=1S/C12H10ClNO2S/c1-9-2-3-11(8-12(9)17(13,15)16)10-4-6-14-7-5-10/h2-8H,1H3. The van der Waals surface area contributed by atoms with Crippen LogP contribution in [-0.2, 0) is 9.05 Å². The molecule has 1 heterocycles. The number of nitrogens with zero attached hydrogens (tertiary/aromatic N) is 1. The smallest absolute Gasteiger partial charge is 0.261 e. The number of rotatable bonds is 2. The van der Waals surface area contributed by atoms with Gasteiger partial charge in [-0.1, -0.05) is 12.1 Å². The number of aryl methyl sites for hydroxylation is 1. The summed E-state index contributed by atoms with van der Waals surface area (Å²) in [4.78, 5) is 4.06. The number of hydrogen-bond donors (Lipinski definition) is 0. The van der Waals surface area contributed by atoms with E-state index in [1.54, 1.807) is 31.5 Å². The summed E-state index contributed by atoms with van der Waals surface area (Å²) in [6.45, 7) is 1.71. The minimum atomic E-state index is -3.71. The van der Waals surface area contributed by atoms with Crippen molar-refractivity contribution in [3.63, 3.8) is 0 Å². The van der Waals surface area contributed by atoms with Crippen LogP contribution in [0.5, 0.6) is 0 Å². The van der Waals surface area contributed by atoms with Crippen LogP contribution in [-0.4, -0.2) is 13.4 Å². The molecule has 0 aliphatic rings. The summed E-state index contributed by atoms with van der Waals surface area (Å²) in [5.74, 6) is 0. The fourth-order valence-corrected chi connectivity index (χ4v) is 2.81. The molecule has 0 saturated heterocycles. The summed E-state index contributed by atoms with van der Waals surface area (Å²) in [6, 6.07) is 8.80. The molecule has 1 aromatic heterocycles. The van der Waals surface area contributed by atoms with Gasteiger partial charge in [-0.25, -0.2) is 8.42 Å². The lowest BCUT2D eigenvalue weighted by atomic mass is 10.1. The highest BCUT2D eigenvalue weighted by Gasteiger charge is 2.14. The Morgan fingerprint density at radius 3 is 2.29 bits per heavy atom. The Bertz CT molecular complexity index is 639. The molecule has 0 unspecified atom stereocenters. The second-order valence-corrected chi connectivity index (χ2v) is 6.19. The molecule has 0 fully saturated rings. The van der Waals surface area contributed by atoms with Crippen LogP contribution in [0.4, 0.5) is 0 Å². The summed E-state index contributed by atoms with van der Waals surface area (Å²) < 4.78 is 22.8. The first-order valence-electron chi connectivity index (χ1n) is 4.94. The van der Waals surface area contributed by atoms with Crippen molar-refractivity contribution in [2.45, 2.75) is 11.8 Å². The Morgan fingerprint density at radius 1 is 1.06 bits per heavy atom. The number of benzene rings is 1. The molecular formula is C12H10ClNO2S. The predicted octanol–water partition coefficient (Wildman–Crippen LogP) is 2.98. The van der Waals surface area contributed by atoms with E-state index in [0.717, 1.165) is 11.1 Å². The van der Waals surface area contributed by atoms with Gasteiger partial charge in [0.1, 0.15) is 0 Å². The van der Waals surface area contributed by atoms with Crippen molar-refractivity contribution in [1.82, 2.24) is 4.98 Å². The first-order chi connectivity index (χ1) is 7.98. The van der Waals surface area contributed by atoms with Gasteiger partial charge in [0.15, 0.2) is 0 Å². The second-order valence-electron chi connectivity index (χ2n) is 3.65. The van der Waals surface area contributed by atoms with Gasteiger partial charge in [-0.2, -0.15) is 0 Å². The molecule has 88 valence electrons. The largest absolute Gasteiger partial charge is 0.265 e. The van der Waals surface area contributed by atoms with Crippen molar-refractivity contribution in [3.8, 4) is 11.1 Å². The SMILES string of the molecule is Cc1ccc(-c2ccncc2)cc1S(=O)(=O)Cl. The molecule has 2 rings (SSSR count). The molecule has 5 heteroatoms. The topological polar surface area (TPSA) is 47.0 Å². The Morgan fingerprint density at radius 2 is 1.71 bits per heavy atom. The molecule has 0 spiro atoms. The molecule has 0 bridgehead atoms. The van der Waals surface area contributed by atoms with E-state index in [1.807, 2.05) is 18.2 Å². The highest BCUT2D eigenvalue weighted by Crippen LogP contribution is 2.26. The number of aromatic nitrogens is 1. The van der Waals surface area contributed by atoms with Crippen LogP contribution in [0.2, 0.25) is 0 Å². The number of hydrogen-bond acceptors (Lipinski definition) is 3. The third-order valence-corrected chi connectivity index (χ3v) is 3.93. The van der Waals surface area contributed by atoms with Gasteiger partial charge in [0.05, 0.1) is 4.90 Å². The summed E-state index contributed by atoms with van der Waals surface area (Å²) in [7, 11) is 1.68. The summed E-state index contributed by atoms with van der Waals surface area (Å²) >= 11 is 0. The van der Waals surface area contributed by atoms with Crippen LogP contribution in [0.1, 0.15) is 5.56 Å². The van der Waals surface area contributed by atoms with Crippen LogP contribution in [0, 0.1) is 6.92 Å². The number of halogens is 1. The van der Waals surface area contributed by atoms with Crippen LogP contribution in [0.3, 0.4) is 0 Å². The molecule has 0 saturated carbocycles. The van der Waals surface area contributed by atoms with E-state index in [9.17, 15) is 8.42 Å². The molecule has 0 atom stereocenters. The van der Waals surface area contributed by atoms with E-state index < -0.39 is 9.05 Å². The van der Waals surface area contributed by atoms with E-state index >= 15 is 0 Å². The molecule has 0 N–H and O–H groups in total. The Hall–Kier alpha value is -1.39. The second kappa shape index (κ2) is 4.47. The first-order valence-corrected chi connectivity index (χ1v) is 7.25. The van der Waals surface area contributed by atoms with Gasteiger partial charge in [0.25, 0.3) is 9.05 Å². The van der Waals surface area contributed by atoms with E-state index in [2.05, 4.69) is 4.98 Å². The van der Waals surface area contributed by atoms with Gasteiger partial charge >= 0.3 is 0 Å². The maximum Gasteiger partial charge on any atom is 0.261 e. The average Bonchev–Trinajstić information content (AvgIpc) is 2.29. The molecule has 0 radical (unpaired) electrons. The highest BCUT2D eigenvalue weighted by atomic mass is 35.7. The van der Waals surface area contributed by atoms with Crippen LogP contribution < -0.4 is 0 Å². The van der Waals surface area contributed by atoms with E-state index in [4.69, 9.17) is 10.7 Å². The monoisotopic (exact) mass is 267 g/mol. The van der Waals surface area contributed by atoms with E-state index in [-0.39, 0.29) is 4.90 Å². The van der Waals surface area contributed by atoms with Gasteiger partial charge in [-0.3, -0.25) is 4.98 Å². The maximum absolute atomic E-state index is 11.4. The Balaban J connectivity index is 2.61. The minimum absolute atomic E-state index is 0.147. The lowest BCUT2D eigenvalue weighted by molar-refractivity contribution is 0.609. The third kappa shape index (κ3) is 2.65. The van der Waals surface area contributed by atoms with Crippen LogP contribution in [0.25, 0.3) is 11.1 Å². The molecule has 17 heavy (non-hydrogen) atoms. The van der Waals surface area contributed by atoms with E-state index in [1.165, 1.54) is 0 Å². The Kier molecular flexibility index (Phi) is 3.17. The quantitative estimate of drug-likeness (QED) is 0.786. The van der Waals surface area contributed by atoms with Crippen molar-refractivity contribution < 1.29 is 8.42 Å². The minimum Gasteiger partial charge on any atom is -0.265 e.